The van der Waals surface area contributed by atoms with E-state index in [4.69, 9.17) is 0 Å². The first-order valence-corrected chi connectivity index (χ1v) is 7.47. The highest BCUT2D eigenvalue weighted by molar-refractivity contribution is 5.51. The van der Waals surface area contributed by atoms with E-state index in [1.54, 1.807) is 5.57 Å². The van der Waals surface area contributed by atoms with Gasteiger partial charge >= 0.3 is 0 Å². The van der Waals surface area contributed by atoms with Crippen LogP contribution < -0.4 is 5.32 Å². The van der Waals surface area contributed by atoms with Crippen LogP contribution in [0.1, 0.15) is 37.7 Å². The van der Waals surface area contributed by atoms with Crippen LogP contribution in [0.2, 0.25) is 0 Å². The smallest absolute Gasteiger partial charge is 0.0167 e. The topological polar surface area (TPSA) is 12.0 Å². The van der Waals surface area contributed by atoms with Crippen molar-refractivity contribution < 1.29 is 0 Å². The van der Waals surface area contributed by atoms with E-state index in [0.717, 1.165) is 12.5 Å². The lowest BCUT2D eigenvalue weighted by Gasteiger charge is -2.24. The zero-order valence-corrected chi connectivity index (χ0v) is 11.9. The molecule has 0 unspecified atom stereocenters. The van der Waals surface area contributed by atoms with Crippen LogP contribution in [0, 0.1) is 5.92 Å². The first-order valence-electron chi connectivity index (χ1n) is 7.47. The predicted octanol–water partition coefficient (Wildman–Crippen LogP) is 4.43. The van der Waals surface area contributed by atoms with E-state index in [9.17, 15) is 0 Å². The Morgan fingerprint density at radius 2 is 1.89 bits per heavy atom. The predicted molar refractivity (Wildman–Crippen MR) is 84.1 cm³/mol. The maximum absolute atomic E-state index is 3.31. The van der Waals surface area contributed by atoms with Crippen LogP contribution >= 0.6 is 0 Å². The number of benzene rings is 1. The number of rotatable bonds is 5. The Morgan fingerprint density at radius 1 is 1.16 bits per heavy atom. The summed E-state index contributed by atoms with van der Waals surface area (Å²) in [7, 11) is 2.04. The van der Waals surface area contributed by atoms with E-state index in [0.29, 0.717) is 0 Å². The van der Waals surface area contributed by atoms with E-state index < -0.39 is 0 Å². The number of hydrogen-bond acceptors (Lipinski definition) is 1. The summed E-state index contributed by atoms with van der Waals surface area (Å²) in [4.78, 5) is 0. The fraction of sp³-hybridized carbons (Fsp3) is 0.444. The molecule has 0 spiro atoms. The molecule has 1 aliphatic carbocycles. The zero-order valence-electron chi connectivity index (χ0n) is 11.9. The van der Waals surface area contributed by atoms with Crippen molar-refractivity contribution in [1.82, 2.24) is 5.32 Å². The van der Waals surface area contributed by atoms with Crippen LogP contribution in [0.5, 0.6) is 0 Å². The first kappa shape index (κ1) is 14.1. The van der Waals surface area contributed by atoms with Crippen LogP contribution in [0.25, 0.3) is 6.08 Å². The molecule has 2 rings (SSSR count). The SMILES string of the molecule is CNCC(=CC=Cc1ccccc1)C1CCCCC1. The standard InChI is InChI=1S/C18H25N/c1-19-15-18(17-12-6-3-7-13-17)14-8-11-16-9-4-2-5-10-16/h2,4-5,8-11,14,17,19H,3,6-7,12-13,15H2,1H3. The molecule has 0 bridgehead atoms. The monoisotopic (exact) mass is 255 g/mol. The number of hydrogen-bond donors (Lipinski definition) is 1. The molecule has 0 aliphatic heterocycles. The van der Waals surface area contributed by atoms with Crippen molar-refractivity contribution in [2.24, 2.45) is 5.92 Å². The molecule has 1 fully saturated rings. The van der Waals surface area contributed by atoms with E-state index in [2.05, 4.69) is 53.9 Å². The van der Waals surface area contributed by atoms with Crippen LogP contribution in [0.3, 0.4) is 0 Å². The lowest BCUT2D eigenvalue weighted by molar-refractivity contribution is 0.396. The summed E-state index contributed by atoms with van der Waals surface area (Å²) in [6.45, 7) is 1.02. The molecule has 0 saturated heterocycles. The Morgan fingerprint density at radius 3 is 2.58 bits per heavy atom. The Balaban J connectivity index is 2.01. The Kier molecular flexibility index (Phi) is 5.90. The summed E-state index contributed by atoms with van der Waals surface area (Å²) < 4.78 is 0. The van der Waals surface area contributed by atoms with Gasteiger partial charge in [0.2, 0.25) is 0 Å². The fourth-order valence-electron chi connectivity index (χ4n) is 2.86. The molecule has 1 nitrogen and oxygen atoms in total. The minimum absolute atomic E-state index is 0.793. The van der Waals surface area contributed by atoms with E-state index in [1.807, 2.05) is 7.05 Å². The highest BCUT2D eigenvalue weighted by Crippen LogP contribution is 2.29. The molecule has 0 amide bonds. The molecule has 19 heavy (non-hydrogen) atoms. The normalized spacial score (nSPS) is 18.1. The average molecular weight is 255 g/mol. The molecular formula is C18H25N. The third kappa shape index (κ3) is 4.68. The molecule has 1 aromatic rings. The van der Waals surface area contributed by atoms with E-state index in [-0.39, 0.29) is 0 Å². The lowest BCUT2D eigenvalue weighted by atomic mass is 9.83. The number of nitrogens with one attached hydrogen (secondary N) is 1. The second-order valence-electron chi connectivity index (χ2n) is 5.38. The molecule has 0 heterocycles. The van der Waals surface area contributed by atoms with Crippen molar-refractivity contribution in [2.45, 2.75) is 32.1 Å². The Labute approximate surface area is 117 Å². The number of likely N-dealkylation sites (N-methyl/N-ethyl adjacent to an activating group) is 1. The van der Waals surface area contributed by atoms with Gasteiger partial charge in [-0.2, -0.15) is 0 Å². The summed E-state index contributed by atoms with van der Waals surface area (Å²) in [5, 5.41) is 3.31. The van der Waals surface area contributed by atoms with Gasteiger partial charge in [0.25, 0.3) is 0 Å². The van der Waals surface area contributed by atoms with Gasteiger partial charge in [0, 0.05) is 6.54 Å². The largest absolute Gasteiger partial charge is 0.316 e. The van der Waals surface area contributed by atoms with Gasteiger partial charge < -0.3 is 5.32 Å². The van der Waals surface area contributed by atoms with E-state index in [1.165, 1.54) is 37.7 Å². The molecule has 0 radical (unpaired) electrons. The van der Waals surface area contributed by atoms with Crippen molar-refractivity contribution in [3.05, 3.63) is 53.6 Å². The van der Waals surface area contributed by atoms with Gasteiger partial charge in [0.1, 0.15) is 0 Å². The maximum atomic E-state index is 3.31. The van der Waals surface area contributed by atoms with Crippen LogP contribution in [-0.2, 0) is 0 Å². The van der Waals surface area contributed by atoms with Gasteiger partial charge in [-0.1, -0.05) is 73.4 Å². The highest BCUT2D eigenvalue weighted by atomic mass is 14.8. The molecule has 1 N–H and O–H groups in total. The van der Waals surface area contributed by atoms with E-state index >= 15 is 0 Å². The average Bonchev–Trinajstić information content (AvgIpc) is 2.48. The van der Waals surface area contributed by atoms with Crippen molar-refractivity contribution in [1.29, 1.82) is 0 Å². The van der Waals surface area contributed by atoms with Gasteiger partial charge in [-0.3, -0.25) is 0 Å². The quantitative estimate of drug-likeness (QED) is 0.768. The Bertz CT molecular complexity index is 411. The Hall–Kier alpha value is -1.34. The summed E-state index contributed by atoms with van der Waals surface area (Å²) >= 11 is 0. The van der Waals surface area contributed by atoms with Gasteiger partial charge in [-0.05, 0) is 31.4 Å². The number of allylic oxidation sites excluding steroid dienone is 2. The van der Waals surface area contributed by atoms with Crippen molar-refractivity contribution >= 4 is 6.08 Å². The van der Waals surface area contributed by atoms with Gasteiger partial charge in [0.05, 0.1) is 0 Å². The van der Waals surface area contributed by atoms with Crippen LogP contribution in [0.4, 0.5) is 0 Å². The summed E-state index contributed by atoms with van der Waals surface area (Å²) in [6.07, 6.45) is 13.7. The molecule has 1 aromatic carbocycles. The van der Waals surface area contributed by atoms with Crippen LogP contribution in [0.15, 0.2) is 48.1 Å². The van der Waals surface area contributed by atoms with Crippen LogP contribution in [-0.4, -0.2) is 13.6 Å². The van der Waals surface area contributed by atoms with Gasteiger partial charge in [-0.25, -0.2) is 0 Å². The third-order valence-corrected chi connectivity index (χ3v) is 3.91. The molecule has 1 aliphatic rings. The summed E-state index contributed by atoms with van der Waals surface area (Å²) in [5.41, 5.74) is 2.83. The highest BCUT2D eigenvalue weighted by Gasteiger charge is 2.16. The molecular weight excluding hydrogens is 230 g/mol. The van der Waals surface area contributed by atoms with Crippen molar-refractivity contribution in [3.8, 4) is 0 Å². The van der Waals surface area contributed by atoms with Crippen molar-refractivity contribution in [2.75, 3.05) is 13.6 Å². The molecule has 0 aromatic heterocycles. The molecule has 1 heteroatoms. The third-order valence-electron chi connectivity index (χ3n) is 3.91. The first-order chi connectivity index (χ1) is 9.40. The second kappa shape index (κ2) is 7.96. The van der Waals surface area contributed by atoms with Gasteiger partial charge in [-0.15, -0.1) is 0 Å². The molecule has 0 atom stereocenters. The van der Waals surface area contributed by atoms with Gasteiger partial charge in [0.15, 0.2) is 0 Å². The summed E-state index contributed by atoms with van der Waals surface area (Å²) in [6, 6.07) is 10.5. The summed E-state index contributed by atoms with van der Waals surface area (Å²) in [5.74, 6) is 0.793. The van der Waals surface area contributed by atoms with Crippen molar-refractivity contribution in [3.63, 3.8) is 0 Å². The minimum atomic E-state index is 0.793. The second-order valence-corrected chi connectivity index (χ2v) is 5.38. The lowest BCUT2D eigenvalue weighted by Crippen LogP contribution is -2.19. The zero-order chi connectivity index (χ0) is 13.3. The molecule has 102 valence electrons. The molecule has 1 saturated carbocycles. The minimum Gasteiger partial charge on any atom is -0.316 e. The maximum Gasteiger partial charge on any atom is 0.0167 e. The fourth-order valence-corrected chi connectivity index (χ4v) is 2.86.